The van der Waals surface area contributed by atoms with Crippen molar-refractivity contribution in [2.24, 2.45) is 0 Å². The highest BCUT2D eigenvalue weighted by Gasteiger charge is 2.24. The summed E-state index contributed by atoms with van der Waals surface area (Å²) in [7, 11) is -4.33. The molecule has 0 rings (SSSR count). The Balaban J connectivity index is 4.09. The summed E-state index contributed by atoms with van der Waals surface area (Å²) in [6, 6.07) is -1.07. The minimum absolute atomic E-state index is 0.289. The molecule has 2 atom stereocenters. The summed E-state index contributed by atoms with van der Waals surface area (Å²) in [5.74, 6) is -1.00. The minimum atomic E-state index is -4.33. The maximum atomic E-state index is 12.3. The highest BCUT2D eigenvalue weighted by molar-refractivity contribution is 7.85. The fourth-order valence-electron chi connectivity index (χ4n) is 4.70. The predicted octanol–water partition coefficient (Wildman–Crippen LogP) is 8.45. The Hall–Kier alpha value is -1.18. The van der Waals surface area contributed by atoms with Gasteiger partial charge < -0.3 is 10.4 Å². The summed E-state index contributed by atoms with van der Waals surface area (Å²) in [6.07, 6.45) is 31.7. The first-order valence-electron chi connectivity index (χ1n) is 16.0. The largest absolute Gasteiger partial charge is 0.387 e. The summed E-state index contributed by atoms with van der Waals surface area (Å²) >= 11 is 0. The molecular weight excluding hydrogens is 510 g/mol. The van der Waals surface area contributed by atoms with Crippen molar-refractivity contribution >= 4 is 16.0 Å². The van der Waals surface area contributed by atoms with Crippen molar-refractivity contribution in [3.05, 3.63) is 24.3 Å². The lowest BCUT2D eigenvalue weighted by atomic mass is 10.1. The SMILES string of the molecule is CCCCCCCCCCCC/C=C/CC/C=C/C(O)C(CS(=O)(=O)O)NC(=O)CCCCCCCCCC. The van der Waals surface area contributed by atoms with E-state index in [1.54, 1.807) is 6.08 Å². The number of aliphatic hydroxyl groups excluding tert-OH is 1. The van der Waals surface area contributed by atoms with Gasteiger partial charge in [-0.2, -0.15) is 8.42 Å². The molecule has 0 aromatic carbocycles. The smallest absolute Gasteiger partial charge is 0.267 e. The van der Waals surface area contributed by atoms with Gasteiger partial charge >= 0.3 is 0 Å². The van der Waals surface area contributed by atoms with Crippen molar-refractivity contribution in [1.29, 1.82) is 0 Å². The monoisotopic (exact) mass is 571 g/mol. The first-order chi connectivity index (χ1) is 18.8. The lowest BCUT2D eigenvalue weighted by molar-refractivity contribution is -0.122. The van der Waals surface area contributed by atoms with Gasteiger partial charge in [0.05, 0.1) is 17.9 Å². The van der Waals surface area contributed by atoms with Gasteiger partial charge in [0.1, 0.15) is 0 Å². The van der Waals surface area contributed by atoms with E-state index in [4.69, 9.17) is 0 Å². The molecule has 1 amide bonds. The van der Waals surface area contributed by atoms with Gasteiger partial charge in [-0.25, -0.2) is 0 Å². The van der Waals surface area contributed by atoms with Gasteiger partial charge in [0.25, 0.3) is 10.1 Å². The highest BCUT2D eigenvalue weighted by atomic mass is 32.2. The molecule has 0 aromatic heterocycles. The lowest BCUT2D eigenvalue weighted by Gasteiger charge is -2.21. The van der Waals surface area contributed by atoms with Gasteiger partial charge in [0.2, 0.25) is 5.91 Å². The molecule has 230 valence electrons. The van der Waals surface area contributed by atoms with E-state index in [9.17, 15) is 22.9 Å². The summed E-state index contributed by atoms with van der Waals surface area (Å²) in [6.45, 7) is 4.45. The van der Waals surface area contributed by atoms with Crippen molar-refractivity contribution in [2.45, 2.75) is 167 Å². The van der Waals surface area contributed by atoms with Crippen LogP contribution in [0.5, 0.6) is 0 Å². The first kappa shape index (κ1) is 37.8. The Labute approximate surface area is 241 Å². The molecule has 0 saturated heterocycles. The molecule has 2 unspecified atom stereocenters. The topological polar surface area (TPSA) is 104 Å². The maximum Gasteiger partial charge on any atom is 0.267 e. The Morgan fingerprint density at radius 1 is 0.667 bits per heavy atom. The van der Waals surface area contributed by atoms with E-state index < -0.39 is 28.0 Å². The van der Waals surface area contributed by atoms with Gasteiger partial charge in [0, 0.05) is 6.42 Å². The van der Waals surface area contributed by atoms with Crippen molar-refractivity contribution in [3.8, 4) is 0 Å². The number of allylic oxidation sites excluding steroid dienone is 3. The average molecular weight is 572 g/mol. The molecule has 0 heterocycles. The Morgan fingerprint density at radius 3 is 1.62 bits per heavy atom. The van der Waals surface area contributed by atoms with Crippen molar-refractivity contribution < 1.29 is 22.9 Å². The standard InChI is InChI=1S/C32H61NO5S/c1-3-5-7-9-11-13-14-15-16-17-18-19-20-21-23-25-27-31(34)30(29-39(36,37)38)33-32(35)28-26-24-22-12-10-8-6-4-2/h19-20,25,27,30-31,34H,3-18,21-24,26,28-29H2,1-2H3,(H,33,35)(H,36,37,38)/b20-19+,27-25+. The molecule has 0 bridgehead atoms. The molecular formula is C32H61NO5S. The van der Waals surface area contributed by atoms with Crippen LogP contribution in [0.3, 0.4) is 0 Å². The number of hydrogen-bond acceptors (Lipinski definition) is 4. The molecule has 0 aliphatic heterocycles. The van der Waals surface area contributed by atoms with Crippen LogP contribution < -0.4 is 5.32 Å². The van der Waals surface area contributed by atoms with Crippen LogP contribution in [-0.4, -0.2) is 41.9 Å². The van der Waals surface area contributed by atoms with Gasteiger partial charge in [-0.05, 0) is 32.1 Å². The third kappa shape index (κ3) is 28.2. The molecule has 39 heavy (non-hydrogen) atoms. The Bertz CT molecular complexity index is 720. The van der Waals surface area contributed by atoms with Crippen LogP contribution in [0, 0.1) is 0 Å². The number of aliphatic hydroxyl groups is 1. The molecule has 0 aromatic rings. The predicted molar refractivity (Wildman–Crippen MR) is 166 cm³/mol. The minimum Gasteiger partial charge on any atom is -0.387 e. The van der Waals surface area contributed by atoms with Gasteiger partial charge in [-0.3, -0.25) is 9.35 Å². The van der Waals surface area contributed by atoms with Crippen LogP contribution in [0.15, 0.2) is 24.3 Å². The van der Waals surface area contributed by atoms with Crippen LogP contribution in [0.1, 0.15) is 155 Å². The van der Waals surface area contributed by atoms with Crippen LogP contribution in [0.2, 0.25) is 0 Å². The van der Waals surface area contributed by atoms with E-state index in [0.29, 0.717) is 0 Å². The number of nitrogens with one attached hydrogen (secondary N) is 1. The number of hydrogen-bond donors (Lipinski definition) is 3. The Morgan fingerprint density at radius 2 is 1.10 bits per heavy atom. The van der Waals surface area contributed by atoms with Gasteiger partial charge in [0.15, 0.2) is 0 Å². The number of rotatable bonds is 28. The second kappa shape index (κ2) is 27.0. The second-order valence-electron chi connectivity index (χ2n) is 11.1. The van der Waals surface area contributed by atoms with Crippen LogP contribution in [0.4, 0.5) is 0 Å². The molecule has 0 fully saturated rings. The molecule has 0 radical (unpaired) electrons. The number of carbonyl (C=O) groups excluding carboxylic acids is 1. The van der Waals surface area contributed by atoms with E-state index in [2.05, 4.69) is 31.3 Å². The third-order valence-electron chi connectivity index (χ3n) is 7.13. The first-order valence-corrected chi connectivity index (χ1v) is 17.6. The normalized spacial score (nSPS) is 13.8. The zero-order chi connectivity index (χ0) is 29.0. The highest BCUT2D eigenvalue weighted by Crippen LogP contribution is 2.12. The average Bonchev–Trinajstić information content (AvgIpc) is 2.88. The fourth-order valence-corrected chi connectivity index (χ4v) is 5.43. The van der Waals surface area contributed by atoms with Gasteiger partial charge in [-0.1, -0.05) is 141 Å². The van der Waals surface area contributed by atoms with Crippen molar-refractivity contribution in [2.75, 3.05) is 5.75 Å². The summed E-state index contributed by atoms with van der Waals surface area (Å²) in [4.78, 5) is 12.3. The fraction of sp³-hybridized carbons (Fsp3) is 0.844. The van der Waals surface area contributed by atoms with Crippen LogP contribution >= 0.6 is 0 Å². The van der Waals surface area contributed by atoms with Crippen LogP contribution in [0.25, 0.3) is 0 Å². The summed E-state index contributed by atoms with van der Waals surface area (Å²) < 4.78 is 32.1. The van der Waals surface area contributed by atoms with E-state index in [1.807, 2.05) is 0 Å². The molecule has 0 aliphatic carbocycles. The second-order valence-corrected chi connectivity index (χ2v) is 12.6. The molecule has 7 heteroatoms. The molecule has 0 saturated carbocycles. The van der Waals surface area contributed by atoms with Crippen molar-refractivity contribution in [3.63, 3.8) is 0 Å². The third-order valence-corrected chi connectivity index (χ3v) is 7.91. The van der Waals surface area contributed by atoms with Gasteiger partial charge in [-0.15, -0.1) is 0 Å². The summed E-state index contributed by atoms with van der Waals surface area (Å²) in [5.41, 5.74) is 0. The van der Waals surface area contributed by atoms with Crippen LogP contribution in [-0.2, 0) is 14.9 Å². The number of carbonyl (C=O) groups is 1. The summed E-state index contributed by atoms with van der Waals surface area (Å²) in [5, 5.41) is 13.1. The number of amides is 1. The number of unbranched alkanes of at least 4 members (excludes halogenated alkanes) is 18. The van der Waals surface area contributed by atoms with E-state index in [1.165, 1.54) is 102 Å². The lowest BCUT2D eigenvalue weighted by Crippen LogP contribution is -2.46. The van der Waals surface area contributed by atoms with E-state index in [-0.39, 0.29) is 12.3 Å². The molecule has 3 N–H and O–H groups in total. The zero-order valence-corrected chi connectivity index (χ0v) is 26.1. The molecule has 0 aliphatic rings. The quantitative estimate of drug-likeness (QED) is 0.0496. The van der Waals surface area contributed by atoms with Crippen molar-refractivity contribution in [1.82, 2.24) is 5.32 Å². The van der Waals surface area contributed by atoms with E-state index in [0.717, 1.165) is 38.5 Å². The van der Waals surface area contributed by atoms with E-state index >= 15 is 0 Å². The zero-order valence-electron chi connectivity index (χ0n) is 25.3. The molecule has 6 nitrogen and oxygen atoms in total. The maximum absolute atomic E-state index is 12.3. The Kier molecular flexibility index (Phi) is 26.2. The molecule has 0 spiro atoms.